The van der Waals surface area contributed by atoms with Gasteiger partial charge in [-0.3, -0.25) is 9.69 Å². The van der Waals surface area contributed by atoms with Gasteiger partial charge in [-0.2, -0.15) is 0 Å². The first-order valence-electron chi connectivity index (χ1n) is 7.63. The lowest BCUT2D eigenvalue weighted by molar-refractivity contribution is 0.0717. The summed E-state index contributed by atoms with van der Waals surface area (Å²) in [6, 6.07) is 10.3. The van der Waals surface area contributed by atoms with E-state index in [-0.39, 0.29) is 11.7 Å². The van der Waals surface area contributed by atoms with E-state index in [1.165, 1.54) is 6.42 Å². The number of rotatable bonds is 5. The van der Waals surface area contributed by atoms with E-state index in [1.807, 2.05) is 30.3 Å². The van der Waals surface area contributed by atoms with Crippen molar-refractivity contribution < 1.29 is 4.79 Å². The van der Waals surface area contributed by atoms with Gasteiger partial charge in [-0.05, 0) is 13.5 Å². The lowest BCUT2D eigenvalue weighted by atomic mass is 9.98. The van der Waals surface area contributed by atoms with Gasteiger partial charge in [0, 0.05) is 43.7 Å². The van der Waals surface area contributed by atoms with Crippen molar-refractivity contribution in [3.05, 3.63) is 35.9 Å². The molecule has 3 heteroatoms. The summed E-state index contributed by atoms with van der Waals surface area (Å²) < 4.78 is 0. The Labute approximate surface area is 122 Å². The quantitative estimate of drug-likeness (QED) is 0.771. The largest absolute Gasteiger partial charge is 0.301 e. The van der Waals surface area contributed by atoms with Crippen LogP contribution in [0.3, 0.4) is 0 Å². The third kappa shape index (κ3) is 3.68. The van der Waals surface area contributed by atoms with Crippen molar-refractivity contribution in [3.63, 3.8) is 0 Å². The molecule has 2 rings (SSSR count). The van der Waals surface area contributed by atoms with E-state index in [0.29, 0.717) is 6.04 Å². The van der Waals surface area contributed by atoms with Crippen molar-refractivity contribution >= 4 is 5.78 Å². The molecule has 1 aliphatic heterocycles. The molecule has 1 saturated heterocycles. The fourth-order valence-corrected chi connectivity index (χ4v) is 2.97. The summed E-state index contributed by atoms with van der Waals surface area (Å²) >= 11 is 0. The van der Waals surface area contributed by atoms with Crippen molar-refractivity contribution in [1.29, 1.82) is 0 Å². The average Bonchev–Trinajstić information content (AvgIpc) is 2.49. The van der Waals surface area contributed by atoms with Crippen LogP contribution in [0.2, 0.25) is 0 Å². The van der Waals surface area contributed by atoms with Crippen molar-refractivity contribution in [2.45, 2.75) is 26.3 Å². The summed E-state index contributed by atoms with van der Waals surface area (Å²) in [5.41, 5.74) is 0.834. The number of piperazine rings is 1. The van der Waals surface area contributed by atoms with Gasteiger partial charge in [0.05, 0.1) is 0 Å². The third-order valence-corrected chi connectivity index (χ3v) is 4.37. The minimum Gasteiger partial charge on any atom is -0.301 e. The molecule has 2 atom stereocenters. The first-order valence-corrected chi connectivity index (χ1v) is 7.63. The van der Waals surface area contributed by atoms with Crippen LogP contribution in [0.25, 0.3) is 0 Å². The van der Waals surface area contributed by atoms with E-state index in [2.05, 4.69) is 30.7 Å². The lowest BCUT2D eigenvalue weighted by Crippen LogP contribution is -2.52. The molecule has 20 heavy (non-hydrogen) atoms. The van der Waals surface area contributed by atoms with Gasteiger partial charge in [-0.25, -0.2) is 0 Å². The Hall–Kier alpha value is -1.19. The minimum atomic E-state index is 0.0679. The number of carbonyl (C=O) groups is 1. The number of hydrogen-bond donors (Lipinski definition) is 0. The molecule has 110 valence electrons. The van der Waals surface area contributed by atoms with E-state index in [9.17, 15) is 4.79 Å². The van der Waals surface area contributed by atoms with Gasteiger partial charge < -0.3 is 4.90 Å². The first kappa shape index (κ1) is 15.2. The maximum absolute atomic E-state index is 12.4. The lowest BCUT2D eigenvalue weighted by Gasteiger charge is -2.39. The van der Waals surface area contributed by atoms with Gasteiger partial charge in [0.2, 0.25) is 0 Å². The van der Waals surface area contributed by atoms with Gasteiger partial charge in [0.15, 0.2) is 5.78 Å². The minimum absolute atomic E-state index is 0.0679. The number of nitrogens with zero attached hydrogens (tertiary/aromatic N) is 2. The SMILES string of the molecule is CCC1CN(CC(C)C(=O)c2ccccc2)CCN1C. The molecule has 0 spiro atoms. The van der Waals surface area contributed by atoms with Gasteiger partial charge in [-0.1, -0.05) is 44.2 Å². The monoisotopic (exact) mass is 274 g/mol. The second-order valence-electron chi connectivity index (χ2n) is 5.93. The molecule has 1 heterocycles. The fourth-order valence-electron chi connectivity index (χ4n) is 2.97. The van der Waals surface area contributed by atoms with Crippen LogP contribution in [0, 0.1) is 5.92 Å². The normalized spacial score (nSPS) is 22.6. The van der Waals surface area contributed by atoms with Crippen molar-refractivity contribution in [3.8, 4) is 0 Å². The Balaban J connectivity index is 1.91. The average molecular weight is 274 g/mol. The molecule has 0 bridgehead atoms. The molecular formula is C17H26N2O. The number of benzene rings is 1. The summed E-state index contributed by atoms with van der Waals surface area (Å²) in [5.74, 6) is 0.330. The molecule has 0 N–H and O–H groups in total. The van der Waals surface area contributed by atoms with Crippen LogP contribution in [0.1, 0.15) is 30.6 Å². The second-order valence-corrected chi connectivity index (χ2v) is 5.93. The highest BCUT2D eigenvalue weighted by atomic mass is 16.1. The maximum atomic E-state index is 12.4. The van der Waals surface area contributed by atoms with Crippen LogP contribution >= 0.6 is 0 Å². The molecule has 0 radical (unpaired) electrons. The fraction of sp³-hybridized carbons (Fsp3) is 0.588. The van der Waals surface area contributed by atoms with Gasteiger partial charge in [0.1, 0.15) is 0 Å². The topological polar surface area (TPSA) is 23.6 Å². The Morgan fingerprint density at radius 2 is 2.00 bits per heavy atom. The van der Waals surface area contributed by atoms with Crippen molar-refractivity contribution in [1.82, 2.24) is 9.80 Å². The second kappa shape index (κ2) is 7.00. The zero-order valence-corrected chi connectivity index (χ0v) is 12.9. The zero-order valence-electron chi connectivity index (χ0n) is 12.9. The summed E-state index contributed by atoms with van der Waals surface area (Å²) in [4.78, 5) is 17.3. The molecule has 0 aromatic heterocycles. The molecule has 1 aliphatic rings. The maximum Gasteiger partial charge on any atom is 0.166 e. The zero-order chi connectivity index (χ0) is 14.5. The molecule has 0 aliphatic carbocycles. The summed E-state index contributed by atoms with van der Waals surface area (Å²) in [5, 5.41) is 0. The van der Waals surface area contributed by atoms with E-state index in [0.717, 1.165) is 31.7 Å². The van der Waals surface area contributed by atoms with Crippen LogP contribution in [0.5, 0.6) is 0 Å². The van der Waals surface area contributed by atoms with Crippen molar-refractivity contribution in [2.75, 3.05) is 33.2 Å². The van der Waals surface area contributed by atoms with Crippen LogP contribution in [0.4, 0.5) is 0 Å². The highest BCUT2D eigenvalue weighted by Crippen LogP contribution is 2.15. The Morgan fingerprint density at radius 3 is 2.65 bits per heavy atom. The number of hydrogen-bond acceptors (Lipinski definition) is 3. The number of Topliss-reactive ketones (excluding diaryl/α,β-unsaturated/α-hetero) is 1. The predicted molar refractivity (Wildman–Crippen MR) is 83.1 cm³/mol. The summed E-state index contributed by atoms with van der Waals surface area (Å²) in [6.45, 7) is 8.42. The molecule has 1 aromatic carbocycles. The van der Waals surface area contributed by atoms with Crippen LogP contribution in [0.15, 0.2) is 30.3 Å². The molecule has 2 unspecified atom stereocenters. The van der Waals surface area contributed by atoms with Crippen LogP contribution in [-0.4, -0.2) is 54.9 Å². The van der Waals surface area contributed by atoms with E-state index in [4.69, 9.17) is 0 Å². The molecule has 0 amide bonds. The molecular weight excluding hydrogens is 248 g/mol. The Bertz CT molecular complexity index is 432. The number of carbonyl (C=O) groups excluding carboxylic acids is 1. The van der Waals surface area contributed by atoms with Gasteiger partial charge in [-0.15, -0.1) is 0 Å². The molecule has 1 aromatic rings. The molecule has 3 nitrogen and oxygen atoms in total. The number of likely N-dealkylation sites (N-methyl/N-ethyl adjacent to an activating group) is 1. The van der Waals surface area contributed by atoms with E-state index < -0.39 is 0 Å². The smallest absolute Gasteiger partial charge is 0.166 e. The standard InChI is InChI=1S/C17H26N2O/c1-4-16-13-19(11-10-18(16)3)12-14(2)17(20)15-8-6-5-7-9-15/h5-9,14,16H,4,10-13H2,1-3H3. The van der Waals surface area contributed by atoms with Gasteiger partial charge >= 0.3 is 0 Å². The Kier molecular flexibility index (Phi) is 5.32. The third-order valence-electron chi connectivity index (χ3n) is 4.37. The van der Waals surface area contributed by atoms with E-state index in [1.54, 1.807) is 0 Å². The first-order chi connectivity index (χ1) is 9.61. The van der Waals surface area contributed by atoms with E-state index >= 15 is 0 Å². The van der Waals surface area contributed by atoms with Crippen LogP contribution in [-0.2, 0) is 0 Å². The predicted octanol–water partition coefficient (Wildman–Crippen LogP) is 2.53. The Morgan fingerprint density at radius 1 is 1.30 bits per heavy atom. The molecule has 1 fully saturated rings. The highest BCUT2D eigenvalue weighted by molar-refractivity contribution is 5.97. The van der Waals surface area contributed by atoms with Crippen molar-refractivity contribution in [2.24, 2.45) is 5.92 Å². The number of ketones is 1. The van der Waals surface area contributed by atoms with Crippen LogP contribution < -0.4 is 0 Å². The van der Waals surface area contributed by atoms with Gasteiger partial charge in [0.25, 0.3) is 0 Å². The summed E-state index contributed by atoms with van der Waals surface area (Å²) in [7, 11) is 2.20. The highest BCUT2D eigenvalue weighted by Gasteiger charge is 2.25. The molecule has 0 saturated carbocycles. The summed E-state index contributed by atoms with van der Waals surface area (Å²) in [6.07, 6.45) is 1.17.